The van der Waals surface area contributed by atoms with E-state index in [2.05, 4.69) is 0 Å². The number of nitrogens with zero attached hydrogens (tertiary/aromatic N) is 1. The molecule has 0 unspecified atom stereocenters. The van der Waals surface area contributed by atoms with Gasteiger partial charge >= 0.3 is 0 Å². The molecule has 0 radical (unpaired) electrons. The van der Waals surface area contributed by atoms with Gasteiger partial charge < -0.3 is 4.57 Å². The first kappa shape index (κ1) is 11.0. The van der Waals surface area contributed by atoms with E-state index in [0.29, 0.717) is 11.6 Å². The predicted octanol–water partition coefficient (Wildman–Crippen LogP) is 2.86. The van der Waals surface area contributed by atoms with Gasteiger partial charge in [-0.3, -0.25) is 4.79 Å². The zero-order valence-corrected chi connectivity index (χ0v) is 9.74. The number of hydrogen-bond acceptors (Lipinski definition) is 1. The second-order valence-corrected chi connectivity index (χ2v) is 4.17. The molecule has 0 amide bonds. The zero-order chi connectivity index (χ0) is 11.5. The maximum Gasteiger partial charge on any atom is 0.251 e. The highest BCUT2D eigenvalue weighted by Crippen LogP contribution is 2.15. The third kappa shape index (κ3) is 2.34. The van der Waals surface area contributed by atoms with E-state index in [4.69, 9.17) is 11.6 Å². The Labute approximate surface area is 99.1 Å². The Hall–Kier alpha value is -1.54. The van der Waals surface area contributed by atoms with Crippen LogP contribution in [0.2, 0.25) is 5.02 Å². The maximum absolute atomic E-state index is 11.7. The molecule has 0 fully saturated rings. The molecule has 3 heteroatoms. The summed E-state index contributed by atoms with van der Waals surface area (Å²) in [5, 5.41) is 0.690. The highest BCUT2D eigenvalue weighted by atomic mass is 35.5. The van der Waals surface area contributed by atoms with Crippen molar-refractivity contribution in [3.8, 4) is 0 Å². The van der Waals surface area contributed by atoms with E-state index in [1.165, 1.54) is 0 Å². The number of benzene rings is 1. The molecule has 16 heavy (non-hydrogen) atoms. The van der Waals surface area contributed by atoms with E-state index in [1.54, 1.807) is 16.8 Å². The monoisotopic (exact) mass is 233 g/mol. The van der Waals surface area contributed by atoms with Crippen molar-refractivity contribution in [3.05, 3.63) is 69.1 Å². The van der Waals surface area contributed by atoms with E-state index < -0.39 is 0 Å². The first-order valence-corrected chi connectivity index (χ1v) is 5.45. The number of rotatable bonds is 2. The van der Waals surface area contributed by atoms with Gasteiger partial charge in [0.25, 0.3) is 5.56 Å². The third-order valence-corrected chi connectivity index (χ3v) is 2.82. The summed E-state index contributed by atoms with van der Waals surface area (Å²) in [7, 11) is 0. The first-order valence-electron chi connectivity index (χ1n) is 5.07. The number of halogens is 1. The fraction of sp³-hybridized carbons (Fsp3) is 0.154. The van der Waals surface area contributed by atoms with E-state index in [1.807, 2.05) is 37.3 Å². The van der Waals surface area contributed by atoms with Gasteiger partial charge in [0, 0.05) is 17.3 Å². The normalized spacial score (nSPS) is 10.4. The number of hydrogen-bond donors (Lipinski definition) is 0. The van der Waals surface area contributed by atoms with Gasteiger partial charge in [-0.2, -0.15) is 0 Å². The second-order valence-electron chi connectivity index (χ2n) is 3.76. The molecule has 1 aromatic heterocycles. The summed E-state index contributed by atoms with van der Waals surface area (Å²) in [5.74, 6) is 0. The van der Waals surface area contributed by atoms with Crippen LogP contribution >= 0.6 is 11.6 Å². The molecule has 0 aliphatic heterocycles. The standard InChI is InChI=1S/C13H12ClNO/c1-10-6-7-15(13(16)8-10)9-11-4-2-3-5-12(11)14/h2-8H,9H2,1H3. The molecule has 0 aliphatic carbocycles. The largest absolute Gasteiger partial charge is 0.311 e. The van der Waals surface area contributed by atoms with Crippen molar-refractivity contribution in [1.82, 2.24) is 4.57 Å². The second kappa shape index (κ2) is 4.54. The summed E-state index contributed by atoms with van der Waals surface area (Å²) in [4.78, 5) is 11.7. The molecule has 2 aromatic rings. The van der Waals surface area contributed by atoms with Gasteiger partial charge in [0.2, 0.25) is 0 Å². The molecule has 2 nitrogen and oxygen atoms in total. The zero-order valence-electron chi connectivity index (χ0n) is 8.98. The average molecular weight is 234 g/mol. The smallest absolute Gasteiger partial charge is 0.251 e. The molecule has 0 saturated carbocycles. The Morgan fingerprint density at radius 1 is 1.25 bits per heavy atom. The van der Waals surface area contributed by atoms with E-state index >= 15 is 0 Å². The van der Waals surface area contributed by atoms with Crippen LogP contribution < -0.4 is 5.56 Å². The number of pyridine rings is 1. The van der Waals surface area contributed by atoms with Crippen molar-refractivity contribution in [1.29, 1.82) is 0 Å². The van der Waals surface area contributed by atoms with Crippen LogP contribution in [-0.2, 0) is 6.54 Å². The molecule has 0 aliphatic rings. The lowest BCUT2D eigenvalue weighted by molar-refractivity contribution is 0.757. The topological polar surface area (TPSA) is 22.0 Å². The molecule has 0 saturated heterocycles. The van der Waals surface area contributed by atoms with Gasteiger partial charge in [0.15, 0.2) is 0 Å². The Bertz CT molecular complexity index is 560. The summed E-state index contributed by atoms with van der Waals surface area (Å²) < 4.78 is 1.65. The Morgan fingerprint density at radius 2 is 2.00 bits per heavy atom. The van der Waals surface area contributed by atoms with Crippen molar-refractivity contribution in [3.63, 3.8) is 0 Å². The molecule has 0 spiro atoms. The SMILES string of the molecule is Cc1ccn(Cc2ccccc2Cl)c(=O)c1. The molecular weight excluding hydrogens is 222 g/mol. The fourth-order valence-electron chi connectivity index (χ4n) is 1.55. The Kier molecular flexibility index (Phi) is 3.11. The van der Waals surface area contributed by atoms with E-state index in [0.717, 1.165) is 11.1 Å². The molecule has 0 N–H and O–H groups in total. The minimum atomic E-state index is -0.0000743. The Morgan fingerprint density at radius 3 is 2.69 bits per heavy atom. The van der Waals surface area contributed by atoms with Crippen molar-refractivity contribution >= 4 is 11.6 Å². The average Bonchev–Trinajstić information content (AvgIpc) is 2.25. The molecule has 1 aromatic carbocycles. The van der Waals surface area contributed by atoms with Crippen LogP contribution in [0.3, 0.4) is 0 Å². The summed E-state index contributed by atoms with van der Waals surface area (Å²) in [6, 6.07) is 11.1. The molecule has 0 atom stereocenters. The summed E-state index contributed by atoms with van der Waals surface area (Å²) in [6.45, 7) is 2.42. The molecule has 0 bridgehead atoms. The van der Waals surface area contributed by atoms with Crippen LogP contribution in [0.4, 0.5) is 0 Å². The molecular formula is C13H12ClNO. The molecule has 82 valence electrons. The first-order chi connectivity index (χ1) is 7.66. The van der Waals surface area contributed by atoms with E-state index in [9.17, 15) is 4.79 Å². The third-order valence-electron chi connectivity index (χ3n) is 2.45. The van der Waals surface area contributed by atoms with Gasteiger partial charge in [-0.05, 0) is 30.2 Å². The highest BCUT2D eigenvalue weighted by Gasteiger charge is 2.01. The van der Waals surface area contributed by atoms with Gasteiger partial charge in [-0.1, -0.05) is 29.8 Å². The minimum absolute atomic E-state index is 0.0000743. The van der Waals surface area contributed by atoms with Crippen LogP contribution in [0.5, 0.6) is 0 Å². The van der Waals surface area contributed by atoms with Crippen LogP contribution in [-0.4, -0.2) is 4.57 Å². The maximum atomic E-state index is 11.7. The van der Waals surface area contributed by atoms with Crippen molar-refractivity contribution in [2.75, 3.05) is 0 Å². The van der Waals surface area contributed by atoms with Crippen LogP contribution in [0.25, 0.3) is 0 Å². The van der Waals surface area contributed by atoms with Crippen molar-refractivity contribution < 1.29 is 0 Å². The van der Waals surface area contributed by atoms with Crippen LogP contribution in [0.1, 0.15) is 11.1 Å². The van der Waals surface area contributed by atoms with Gasteiger partial charge in [-0.25, -0.2) is 0 Å². The predicted molar refractivity (Wildman–Crippen MR) is 66.0 cm³/mol. The van der Waals surface area contributed by atoms with Gasteiger partial charge in [0.05, 0.1) is 6.54 Å². The Balaban J connectivity index is 2.35. The lowest BCUT2D eigenvalue weighted by Crippen LogP contribution is -2.19. The molecule has 1 heterocycles. The van der Waals surface area contributed by atoms with Crippen LogP contribution in [0.15, 0.2) is 47.4 Å². The van der Waals surface area contributed by atoms with Crippen molar-refractivity contribution in [2.24, 2.45) is 0 Å². The molecule has 2 rings (SSSR count). The summed E-state index contributed by atoms with van der Waals surface area (Å²) >= 11 is 6.04. The summed E-state index contributed by atoms with van der Waals surface area (Å²) in [6.07, 6.45) is 1.79. The highest BCUT2D eigenvalue weighted by molar-refractivity contribution is 6.31. The fourth-order valence-corrected chi connectivity index (χ4v) is 1.74. The van der Waals surface area contributed by atoms with E-state index in [-0.39, 0.29) is 5.56 Å². The number of aromatic nitrogens is 1. The van der Waals surface area contributed by atoms with Gasteiger partial charge in [-0.15, -0.1) is 0 Å². The lowest BCUT2D eigenvalue weighted by atomic mass is 10.2. The quantitative estimate of drug-likeness (QED) is 0.782. The van der Waals surface area contributed by atoms with Crippen molar-refractivity contribution in [2.45, 2.75) is 13.5 Å². The van der Waals surface area contributed by atoms with Crippen LogP contribution in [0, 0.1) is 6.92 Å². The van der Waals surface area contributed by atoms with Gasteiger partial charge in [0.1, 0.15) is 0 Å². The number of aryl methyl sites for hydroxylation is 1. The minimum Gasteiger partial charge on any atom is -0.311 e. The summed E-state index contributed by atoms with van der Waals surface area (Å²) in [5.41, 5.74) is 1.93. The lowest BCUT2D eigenvalue weighted by Gasteiger charge is -2.07.